The summed E-state index contributed by atoms with van der Waals surface area (Å²) in [6, 6.07) is 42.1. The second-order valence-electron chi connectivity index (χ2n) is 18.5. The van der Waals surface area contributed by atoms with E-state index in [0.29, 0.717) is 0 Å². The number of hydrogen-bond acceptors (Lipinski definition) is 6. The van der Waals surface area contributed by atoms with Crippen LogP contribution in [0.4, 0.5) is 17.1 Å². The van der Waals surface area contributed by atoms with Crippen molar-refractivity contribution in [2.24, 2.45) is 0 Å². The number of rotatable bonds is 5. The third kappa shape index (κ3) is 84.6. The van der Waals surface area contributed by atoms with E-state index in [1.54, 1.807) is 107 Å². The van der Waals surface area contributed by atoms with E-state index >= 15 is 0 Å². The second-order valence-corrected chi connectivity index (χ2v) is 197. The summed E-state index contributed by atoms with van der Waals surface area (Å²) >= 11 is 9.66. The lowest BCUT2D eigenvalue weighted by Gasteiger charge is -2.32. The Kier molecular flexibility index (Phi) is 120. The first-order valence-electron chi connectivity index (χ1n) is 31.1. The predicted octanol–water partition coefficient (Wildman–Crippen LogP) is 8.77. The number of anilines is 3. The molecular weight excluding hydrogens is 3810 g/mol. The van der Waals surface area contributed by atoms with Gasteiger partial charge in [0.1, 0.15) is 5.58 Å². The quantitative estimate of drug-likeness (QED) is 0.161. The van der Waals surface area contributed by atoms with Crippen LogP contribution in [0.2, 0.25) is 0 Å². The molecular formula is C36H32BNO3S103. The van der Waals surface area contributed by atoms with Crippen molar-refractivity contribution in [1.82, 2.24) is 0 Å². The molecule has 0 N–H and O–H groups in total. The van der Waals surface area contributed by atoms with Crippen LogP contribution in [0.15, 0.2) is 126 Å². The van der Waals surface area contributed by atoms with Crippen LogP contribution in [0.3, 0.4) is 0 Å². The van der Waals surface area contributed by atoms with Crippen LogP contribution in [0.1, 0.15) is 27.7 Å². The molecule has 4 nitrogen and oxygen atoms in total. The summed E-state index contributed by atoms with van der Waals surface area (Å²) in [5.41, 5.74) is 7.28. The van der Waals surface area contributed by atoms with Crippen LogP contribution in [-0.2, 0) is 929 Å². The normalized spacial score (nSPS) is 10.2. The van der Waals surface area contributed by atoms with Gasteiger partial charge in [0.15, 0.2) is 5.58 Å². The van der Waals surface area contributed by atoms with Gasteiger partial charge in [-0.15, -0.1) is 0 Å². The molecule has 1 aliphatic rings. The molecule has 0 bridgehead atoms. The van der Waals surface area contributed by atoms with Crippen LogP contribution in [0.5, 0.6) is 0 Å². The first kappa shape index (κ1) is 151. The molecule has 0 saturated carbocycles. The minimum Gasteiger partial charge on any atom is -0.454 e. The highest BCUT2D eigenvalue weighted by molar-refractivity contribution is 8.88. The fourth-order valence-corrected chi connectivity index (χ4v) is 278. The standard InChI is InChI=1S/C36H32BNO3.S103/c1-35(2)36(3,4)41-37(40-35)26-21-23-27(24-22-26)38(31-18-10-8-15-28(31)25-13-6-5-7-14-25)32-19-12-17-30-29-16-9-11-20-33(29)39-34(30)32;1-3-5-7-9-11-13-15-17-19-21-23-25-27-29-31-33-35-37-39-41-43-45-47-49-51-53-55-57-59-61-63-65-67-69-71-73-75-77-79-81-83-85-87-89-91-93-95-97-99-101-103-102-100-98-96-94-92-90-88-86-84-82-80-78-76-74-72-70-68-66-64-62-60-58-56-54-52-50-48-46-44-42-40-38-36-34-32-30-28-26-24-22-20-18-16-14-12-10-8-6-4-2/h5-24H,1-4H3;. The minimum absolute atomic E-state index is 0.395. The average molecular weight is 3840 g/mol. The molecule has 1 aliphatic heterocycles. The van der Waals surface area contributed by atoms with Gasteiger partial charge in [0.05, 0.1) is 22.6 Å². The summed E-state index contributed by atoms with van der Waals surface area (Å²) in [7, 11) is 182. The smallest absolute Gasteiger partial charge is 0.454 e. The molecule has 1 aromatic heterocycles. The highest BCUT2D eigenvalue weighted by Crippen LogP contribution is 2.45. The fourth-order valence-electron chi connectivity index (χ4n) is 6.73. The van der Waals surface area contributed by atoms with Gasteiger partial charge in [0.2, 0.25) is 0 Å². The molecule has 6 aromatic rings. The van der Waals surface area contributed by atoms with Crippen molar-refractivity contribution in [3.05, 3.63) is 121 Å². The molecule has 1 saturated heterocycles. The van der Waals surface area contributed by atoms with Crippen LogP contribution in [0, 0.1) is 0 Å². The SMILES string of the molecule is CC1(C)OB(c2ccc(N(c3ccccc3-c3ccccc3)c3cccc4c3oc3ccccc34)cc2)OC1(C)C.S=S=S=S=S=S=S=S=S=S=S=S=S=S=S=S=S=S=S=S=S=S=S=S=S=S=S=S=S=S=S=S=S=S=S=S=S=S=S=S=S=S=S=S=S=S=S=S=S=S=S=S=S=S=S=S=S=S=S=S=S=S=S=S=S=S=S=S=S=S=S=S=S=S=S=S=S=S=S=S=S=S=S=S=S=S=S=S=S=S=S=S=S=S=S=S=S=S=S=S=S=S=S. The van der Waals surface area contributed by atoms with Crippen molar-refractivity contribution in [3.63, 3.8) is 0 Å². The Morgan fingerprint density at radius 1 is 0.194 bits per heavy atom. The van der Waals surface area contributed by atoms with Crippen molar-refractivity contribution < 1.29 is 13.7 Å². The highest BCUT2D eigenvalue weighted by Gasteiger charge is 2.51. The van der Waals surface area contributed by atoms with E-state index in [-0.39, 0.29) is 0 Å². The molecule has 820 valence electrons. The Morgan fingerprint density at radius 3 is 0.625 bits per heavy atom. The Morgan fingerprint density at radius 2 is 0.389 bits per heavy atom. The van der Waals surface area contributed by atoms with Gasteiger partial charge < -0.3 is 18.6 Å². The molecule has 1 fully saturated rings. The van der Waals surface area contributed by atoms with E-state index < -0.39 is 18.3 Å². The molecule has 0 unspecified atom stereocenters. The summed E-state index contributed by atoms with van der Waals surface area (Å²) in [6.07, 6.45) is 0. The van der Waals surface area contributed by atoms with Gasteiger partial charge in [0.25, 0.3) is 0 Å². The maximum absolute atomic E-state index is 6.52. The molecule has 0 spiro atoms. The minimum atomic E-state index is -0.419. The molecule has 5 aromatic carbocycles. The molecule has 0 radical (unpaired) electrons. The number of fused-ring (bicyclic) bond motifs is 3. The first-order chi connectivity index (χ1) is 71.2. The van der Waals surface area contributed by atoms with Gasteiger partial charge in [-0.1, -0.05) is 91.0 Å². The highest BCUT2D eigenvalue weighted by atomic mass is 33.6. The monoisotopic (exact) mass is 3830 g/mol. The van der Waals surface area contributed by atoms with Crippen molar-refractivity contribution in [3.8, 4) is 11.1 Å². The lowest BCUT2D eigenvalue weighted by Crippen LogP contribution is -2.41. The summed E-state index contributed by atoms with van der Waals surface area (Å²) < 4.78 is 19.2. The molecule has 7 rings (SSSR count). The molecule has 144 heavy (non-hydrogen) atoms. The van der Waals surface area contributed by atoms with Crippen LogP contribution in [-0.4, -0.2) is 18.3 Å². The second kappa shape index (κ2) is 114. The molecule has 0 aliphatic carbocycles. The fraction of sp³-hybridized carbons (Fsp3) is 0.167. The number of nitrogens with zero attached hydrogens (tertiary/aromatic N) is 1. The van der Waals surface area contributed by atoms with Gasteiger partial charge in [-0.25, -0.2) is 0 Å². The summed E-state index contributed by atoms with van der Waals surface area (Å²) in [5, 5.41) is 2.20. The van der Waals surface area contributed by atoms with Gasteiger partial charge in [-0.3, -0.25) is 0 Å². The number of furan rings is 1. The lowest BCUT2D eigenvalue weighted by atomic mass is 9.79. The summed E-state index contributed by atoms with van der Waals surface area (Å²) in [5.74, 6) is 0. The van der Waals surface area contributed by atoms with E-state index in [1.807, 2.05) is 791 Å². The van der Waals surface area contributed by atoms with E-state index in [0.717, 1.165) is 55.6 Å². The van der Waals surface area contributed by atoms with Crippen LogP contribution >= 0.6 is 0 Å². The predicted molar refractivity (Wildman–Crippen MR) is 928 cm³/mol. The Balaban J connectivity index is 0.000000627. The summed E-state index contributed by atoms with van der Waals surface area (Å²) in [6.45, 7) is 8.32. The van der Waals surface area contributed by atoms with Crippen LogP contribution < -0.4 is 10.4 Å². The van der Waals surface area contributed by atoms with Crippen molar-refractivity contribution in [1.29, 1.82) is 0 Å². The number of para-hydroxylation sites is 3. The first-order valence-corrected chi connectivity index (χ1v) is 167. The molecule has 0 atom stereocenters. The zero-order valence-corrected chi connectivity index (χ0v) is 150. The third-order valence-corrected chi connectivity index (χ3v) is 234. The molecule has 2 heterocycles. The van der Waals surface area contributed by atoms with Crippen LogP contribution in [0.25, 0.3) is 33.1 Å². The van der Waals surface area contributed by atoms with E-state index in [4.69, 9.17) is 36.1 Å². The largest absolute Gasteiger partial charge is 0.494 e. The average Bonchev–Trinajstić information content (AvgIpc) is 1.58. The number of benzene rings is 5. The lowest BCUT2D eigenvalue weighted by molar-refractivity contribution is 0.00578. The van der Waals surface area contributed by atoms with Crippen molar-refractivity contribution >= 4 is 971 Å². The molecule has 108 heteroatoms. The van der Waals surface area contributed by atoms with Crippen molar-refractivity contribution in [2.75, 3.05) is 4.90 Å². The topological polar surface area (TPSA) is 34.8 Å². The maximum atomic E-state index is 6.52. The van der Waals surface area contributed by atoms with E-state index in [2.05, 4.69) is 136 Å². The van der Waals surface area contributed by atoms with Gasteiger partial charge in [0, 0.05) is 941 Å². The van der Waals surface area contributed by atoms with Gasteiger partial charge >= 0.3 is 7.12 Å². The zero-order valence-electron chi connectivity index (χ0n) is 65.8. The number of hydrogen-bond donors (Lipinski definition) is 0. The van der Waals surface area contributed by atoms with E-state index in [1.165, 1.54) is 17.8 Å². The van der Waals surface area contributed by atoms with Gasteiger partial charge in [-0.05, 0) is 69.1 Å². The summed E-state index contributed by atoms with van der Waals surface area (Å²) in [4.78, 5) is 2.29. The zero-order chi connectivity index (χ0) is 102. The maximum Gasteiger partial charge on any atom is 0.494 e. The van der Waals surface area contributed by atoms with E-state index in [9.17, 15) is 0 Å². The third-order valence-electron chi connectivity index (χ3n) is 11.3. The van der Waals surface area contributed by atoms with Gasteiger partial charge in [-0.2, -0.15) is 0 Å². The Labute approximate surface area is 1130 Å². The Bertz CT molecular complexity index is 10700. The Hall–Kier alpha value is 18.3. The van der Waals surface area contributed by atoms with Crippen molar-refractivity contribution in [2.45, 2.75) is 38.9 Å². The molecule has 0 amide bonds.